The molecule has 1 aromatic carbocycles. The first kappa shape index (κ1) is 16.8. The van der Waals surface area contributed by atoms with Crippen molar-refractivity contribution in [2.24, 2.45) is 0 Å². The van der Waals surface area contributed by atoms with Crippen molar-refractivity contribution in [2.45, 2.75) is 45.4 Å². The lowest BCUT2D eigenvalue weighted by Crippen LogP contribution is -2.14. The van der Waals surface area contributed by atoms with E-state index in [9.17, 15) is 4.79 Å². The van der Waals surface area contributed by atoms with Gasteiger partial charge in [0.25, 0.3) is 5.91 Å². The monoisotopic (exact) mass is 368 g/mol. The Morgan fingerprint density at radius 2 is 2.04 bits per heavy atom. The van der Waals surface area contributed by atoms with Gasteiger partial charge >= 0.3 is 0 Å². The molecule has 2 heterocycles. The maximum absolute atomic E-state index is 12.5. The zero-order valence-corrected chi connectivity index (χ0v) is 15.7. The number of benzene rings is 1. The second kappa shape index (κ2) is 6.60. The second-order valence-corrected chi connectivity index (χ2v) is 7.79. The predicted molar refractivity (Wildman–Crippen MR) is 100 cm³/mol. The molecule has 1 aliphatic rings. The zero-order valence-electron chi connectivity index (χ0n) is 14.9. The maximum Gasteiger partial charge on any atom is 0.297 e. The highest BCUT2D eigenvalue weighted by molar-refractivity contribution is 7.15. The van der Waals surface area contributed by atoms with Gasteiger partial charge in [0.1, 0.15) is 10.8 Å². The van der Waals surface area contributed by atoms with Gasteiger partial charge in [-0.3, -0.25) is 10.1 Å². The summed E-state index contributed by atoms with van der Waals surface area (Å²) in [6.07, 6.45) is 2.31. The van der Waals surface area contributed by atoms with Gasteiger partial charge in [-0.1, -0.05) is 43.4 Å². The van der Waals surface area contributed by atoms with E-state index >= 15 is 0 Å². The van der Waals surface area contributed by atoms with Gasteiger partial charge in [-0.05, 0) is 37.3 Å². The summed E-state index contributed by atoms with van der Waals surface area (Å²) in [5.41, 5.74) is 2.10. The summed E-state index contributed by atoms with van der Waals surface area (Å²) >= 11 is 1.42. The van der Waals surface area contributed by atoms with Gasteiger partial charge in [-0.25, -0.2) is 9.67 Å². The third-order valence-corrected chi connectivity index (χ3v) is 5.35. The highest BCUT2D eigenvalue weighted by Gasteiger charge is 2.28. The lowest BCUT2D eigenvalue weighted by Gasteiger charge is -2.12. The van der Waals surface area contributed by atoms with E-state index in [0.717, 1.165) is 29.1 Å². The van der Waals surface area contributed by atoms with E-state index in [0.29, 0.717) is 22.8 Å². The summed E-state index contributed by atoms with van der Waals surface area (Å²) in [4.78, 5) is 16.8. The first-order chi connectivity index (χ1) is 12.5. The van der Waals surface area contributed by atoms with Crippen LogP contribution in [0.25, 0.3) is 5.69 Å². The first-order valence-electron chi connectivity index (χ1n) is 8.70. The molecule has 0 saturated heterocycles. The number of carbonyl (C=O) groups excluding carboxylic acids is 1. The fourth-order valence-electron chi connectivity index (χ4n) is 2.82. The minimum atomic E-state index is -0.368. The lowest BCUT2D eigenvalue weighted by atomic mass is 10.0. The highest BCUT2D eigenvalue weighted by Crippen LogP contribution is 2.42. The van der Waals surface area contributed by atoms with Crippen LogP contribution in [-0.2, 0) is 0 Å². The van der Waals surface area contributed by atoms with E-state index in [1.54, 1.807) is 4.68 Å². The quantitative estimate of drug-likeness (QED) is 0.742. The molecular weight excluding hydrogens is 348 g/mol. The normalized spacial score (nSPS) is 14.0. The Labute approximate surface area is 155 Å². The minimum absolute atomic E-state index is 0.129. The van der Waals surface area contributed by atoms with E-state index < -0.39 is 0 Å². The minimum Gasteiger partial charge on any atom is -0.294 e. The van der Waals surface area contributed by atoms with Gasteiger partial charge in [0.2, 0.25) is 11.0 Å². The van der Waals surface area contributed by atoms with Crippen LogP contribution in [0.2, 0.25) is 0 Å². The Kier molecular flexibility index (Phi) is 4.28. The third-order valence-electron chi connectivity index (χ3n) is 4.35. The first-order valence-corrected chi connectivity index (χ1v) is 9.52. The number of hydrogen-bond donors (Lipinski definition) is 1. The molecule has 1 fully saturated rings. The van der Waals surface area contributed by atoms with E-state index in [-0.39, 0.29) is 11.7 Å². The van der Waals surface area contributed by atoms with Gasteiger partial charge in [-0.2, -0.15) is 0 Å². The van der Waals surface area contributed by atoms with E-state index in [1.807, 2.05) is 25.1 Å². The maximum atomic E-state index is 12.5. The number of aromatic nitrogens is 5. The van der Waals surface area contributed by atoms with Crippen LogP contribution >= 0.6 is 11.3 Å². The summed E-state index contributed by atoms with van der Waals surface area (Å²) in [7, 11) is 0. The van der Waals surface area contributed by atoms with Crippen LogP contribution in [0.1, 0.15) is 65.5 Å². The molecule has 0 unspecified atom stereocenters. The average Bonchev–Trinajstić information content (AvgIpc) is 3.25. The molecule has 1 saturated carbocycles. The van der Waals surface area contributed by atoms with Crippen molar-refractivity contribution < 1.29 is 4.79 Å². The van der Waals surface area contributed by atoms with Gasteiger partial charge in [0, 0.05) is 5.92 Å². The molecule has 8 heteroatoms. The van der Waals surface area contributed by atoms with Crippen molar-refractivity contribution in [1.82, 2.24) is 25.0 Å². The second-order valence-electron chi connectivity index (χ2n) is 6.78. The lowest BCUT2D eigenvalue weighted by molar-refractivity contribution is 0.101. The summed E-state index contributed by atoms with van der Waals surface area (Å²) in [5, 5.41) is 16.8. The third kappa shape index (κ3) is 3.24. The number of nitrogens with zero attached hydrogens (tertiary/aromatic N) is 5. The highest BCUT2D eigenvalue weighted by atomic mass is 32.1. The fourth-order valence-corrected chi connectivity index (χ4v) is 3.72. The largest absolute Gasteiger partial charge is 0.297 e. The Bertz CT molecular complexity index is 956. The average molecular weight is 368 g/mol. The van der Waals surface area contributed by atoms with E-state index in [1.165, 1.54) is 11.3 Å². The van der Waals surface area contributed by atoms with E-state index in [2.05, 4.69) is 45.5 Å². The number of anilines is 1. The molecule has 1 aliphatic carbocycles. The molecule has 0 bridgehead atoms. The smallest absolute Gasteiger partial charge is 0.294 e. The Hall–Kier alpha value is -2.61. The van der Waals surface area contributed by atoms with E-state index in [4.69, 9.17) is 0 Å². The van der Waals surface area contributed by atoms with Crippen LogP contribution in [0, 0.1) is 6.92 Å². The van der Waals surface area contributed by atoms with Crippen molar-refractivity contribution >= 4 is 22.4 Å². The van der Waals surface area contributed by atoms with Gasteiger partial charge in [0.05, 0.1) is 5.69 Å². The van der Waals surface area contributed by atoms with Gasteiger partial charge in [0.15, 0.2) is 0 Å². The van der Waals surface area contributed by atoms with Crippen LogP contribution in [0.15, 0.2) is 24.3 Å². The van der Waals surface area contributed by atoms with Crippen LogP contribution in [0.4, 0.5) is 5.13 Å². The van der Waals surface area contributed by atoms with Crippen molar-refractivity contribution in [3.05, 3.63) is 46.5 Å². The van der Waals surface area contributed by atoms with Crippen LogP contribution in [0.3, 0.4) is 0 Å². The zero-order chi connectivity index (χ0) is 18.3. The molecule has 26 heavy (non-hydrogen) atoms. The number of amides is 1. The molecule has 1 N–H and O–H groups in total. The number of para-hydroxylation sites is 1. The molecule has 0 radical (unpaired) electrons. The van der Waals surface area contributed by atoms with Crippen molar-refractivity contribution in [1.29, 1.82) is 0 Å². The summed E-state index contributed by atoms with van der Waals surface area (Å²) in [6, 6.07) is 8.03. The van der Waals surface area contributed by atoms with Crippen molar-refractivity contribution in [2.75, 3.05) is 5.32 Å². The van der Waals surface area contributed by atoms with Gasteiger partial charge < -0.3 is 0 Å². The Balaban J connectivity index is 1.58. The Morgan fingerprint density at radius 1 is 1.27 bits per heavy atom. The molecule has 7 nitrogen and oxygen atoms in total. The number of carbonyl (C=O) groups is 1. The van der Waals surface area contributed by atoms with Crippen LogP contribution in [-0.4, -0.2) is 30.9 Å². The Morgan fingerprint density at radius 3 is 2.77 bits per heavy atom. The topological polar surface area (TPSA) is 85.6 Å². The molecule has 0 aliphatic heterocycles. The number of rotatable bonds is 5. The molecule has 0 atom stereocenters. The fraction of sp³-hybridized carbons (Fsp3) is 0.389. The van der Waals surface area contributed by atoms with Crippen molar-refractivity contribution in [3.63, 3.8) is 0 Å². The predicted octanol–water partition coefficient (Wildman–Crippen LogP) is 3.68. The van der Waals surface area contributed by atoms with Gasteiger partial charge in [-0.15, -0.1) is 15.3 Å². The van der Waals surface area contributed by atoms with Crippen LogP contribution in [0.5, 0.6) is 0 Å². The van der Waals surface area contributed by atoms with Crippen LogP contribution < -0.4 is 5.32 Å². The summed E-state index contributed by atoms with van der Waals surface area (Å²) in [5.74, 6) is 1.29. The number of aryl methyl sites for hydroxylation is 1. The molecule has 3 aromatic rings. The molecular formula is C18H20N6OS. The molecule has 0 spiro atoms. The molecule has 4 rings (SSSR count). The SMILES string of the molecule is Cc1nc(C(=O)Nc2nnc(C3CC3)s2)nn1-c1ccccc1C(C)C. The molecule has 2 aromatic heterocycles. The standard InChI is InChI=1S/C18H20N6OS/c1-10(2)13-6-4-5-7-14(13)24-11(3)19-15(23-24)16(25)20-18-22-21-17(26-18)12-8-9-12/h4-7,10,12H,8-9H2,1-3H3,(H,20,22,25). The summed E-state index contributed by atoms with van der Waals surface area (Å²) < 4.78 is 1.72. The number of hydrogen-bond acceptors (Lipinski definition) is 6. The number of nitrogens with one attached hydrogen (secondary N) is 1. The molecule has 134 valence electrons. The summed E-state index contributed by atoms with van der Waals surface area (Å²) in [6.45, 7) is 6.11. The van der Waals surface area contributed by atoms with Crippen molar-refractivity contribution in [3.8, 4) is 5.69 Å². The molecule has 1 amide bonds.